The number of aliphatic carboxylic acids is 1. The number of carboxylic acid groups (broad SMARTS) is 1. The predicted molar refractivity (Wildman–Crippen MR) is 87.2 cm³/mol. The summed E-state index contributed by atoms with van der Waals surface area (Å²) >= 11 is 0. The van der Waals surface area contributed by atoms with Crippen molar-refractivity contribution in [2.24, 2.45) is 0 Å². The molecule has 0 bridgehead atoms. The second kappa shape index (κ2) is 7.66. The Balaban J connectivity index is 1.64. The molecule has 2 fully saturated rings. The highest BCUT2D eigenvalue weighted by molar-refractivity contribution is 5.94. The van der Waals surface area contributed by atoms with Gasteiger partial charge in [0.2, 0.25) is 0 Å². The highest BCUT2D eigenvalue weighted by Gasteiger charge is 2.27. The number of ether oxygens (including phenoxy) is 2. The molecule has 0 radical (unpaired) electrons. The van der Waals surface area contributed by atoms with Gasteiger partial charge in [0.25, 0.3) is 5.91 Å². The molecule has 1 saturated heterocycles. The van der Waals surface area contributed by atoms with Crippen molar-refractivity contribution < 1.29 is 24.2 Å². The fourth-order valence-corrected chi connectivity index (χ4v) is 3.31. The van der Waals surface area contributed by atoms with E-state index in [1.165, 1.54) is 12.8 Å². The zero-order chi connectivity index (χ0) is 16.9. The first-order chi connectivity index (χ1) is 11.6. The van der Waals surface area contributed by atoms with E-state index in [1.807, 2.05) is 12.1 Å². The highest BCUT2D eigenvalue weighted by atomic mass is 16.5. The summed E-state index contributed by atoms with van der Waals surface area (Å²) in [6.45, 7) is 1.14. The molecule has 1 saturated carbocycles. The van der Waals surface area contributed by atoms with Crippen LogP contribution in [-0.4, -0.2) is 53.8 Å². The van der Waals surface area contributed by atoms with E-state index in [0.717, 1.165) is 18.6 Å². The lowest BCUT2D eigenvalue weighted by Crippen LogP contribution is -2.46. The summed E-state index contributed by atoms with van der Waals surface area (Å²) in [6.07, 6.45) is 4.24. The molecule has 130 valence electrons. The van der Waals surface area contributed by atoms with Crippen LogP contribution in [0.3, 0.4) is 0 Å². The van der Waals surface area contributed by atoms with Crippen LogP contribution in [0.15, 0.2) is 24.3 Å². The number of benzene rings is 1. The van der Waals surface area contributed by atoms with E-state index in [2.05, 4.69) is 0 Å². The smallest absolute Gasteiger partial charge is 0.306 e. The van der Waals surface area contributed by atoms with Crippen molar-refractivity contribution in [3.63, 3.8) is 0 Å². The monoisotopic (exact) mass is 333 g/mol. The third kappa shape index (κ3) is 4.26. The van der Waals surface area contributed by atoms with Crippen LogP contribution in [0, 0.1) is 0 Å². The van der Waals surface area contributed by atoms with Gasteiger partial charge in [-0.3, -0.25) is 9.59 Å². The van der Waals surface area contributed by atoms with E-state index in [-0.39, 0.29) is 18.4 Å². The molecule has 1 heterocycles. The summed E-state index contributed by atoms with van der Waals surface area (Å²) in [7, 11) is 0. The number of carbonyl (C=O) groups is 2. The molecule has 1 aliphatic heterocycles. The van der Waals surface area contributed by atoms with E-state index in [9.17, 15) is 9.59 Å². The molecular weight excluding hydrogens is 310 g/mol. The van der Waals surface area contributed by atoms with Crippen molar-refractivity contribution in [3.8, 4) is 5.75 Å². The summed E-state index contributed by atoms with van der Waals surface area (Å²) in [5, 5.41) is 8.88. The van der Waals surface area contributed by atoms with Crippen molar-refractivity contribution in [1.82, 2.24) is 4.90 Å². The Morgan fingerprint density at radius 2 is 2.08 bits per heavy atom. The Hall–Kier alpha value is -2.08. The Kier molecular flexibility index (Phi) is 5.35. The molecule has 1 aliphatic carbocycles. The topological polar surface area (TPSA) is 76.1 Å². The molecule has 6 nitrogen and oxygen atoms in total. The van der Waals surface area contributed by atoms with Gasteiger partial charge in [-0.1, -0.05) is 6.07 Å². The van der Waals surface area contributed by atoms with Crippen LogP contribution in [0.1, 0.15) is 42.5 Å². The van der Waals surface area contributed by atoms with Gasteiger partial charge in [0.1, 0.15) is 5.75 Å². The van der Waals surface area contributed by atoms with Gasteiger partial charge >= 0.3 is 5.97 Å². The van der Waals surface area contributed by atoms with Gasteiger partial charge in [-0.05, 0) is 43.9 Å². The Morgan fingerprint density at radius 1 is 1.29 bits per heavy atom. The molecule has 1 aromatic carbocycles. The first-order valence-electron chi connectivity index (χ1n) is 8.51. The molecule has 2 aliphatic rings. The molecule has 24 heavy (non-hydrogen) atoms. The number of hydrogen-bond acceptors (Lipinski definition) is 4. The summed E-state index contributed by atoms with van der Waals surface area (Å²) < 4.78 is 11.4. The fraction of sp³-hybridized carbons (Fsp3) is 0.556. The predicted octanol–water partition coefficient (Wildman–Crippen LogP) is 2.32. The van der Waals surface area contributed by atoms with E-state index in [4.69, 9.17) is 14.6 Å². The summed E-state index contributed by atoms with van der Waals surface area (Å²) in [5.41, 5.74) is 0.571. The molecule has 0 aromatic heterocycles. The molecule has 3 rings (SSSR count). The van der Waals surface area contributed by atoms with Gasteiger partial charge in [-0.2, -0.15) is 0 Å². The van der Waals surface area contributed by atoms with Crippen LogP contribution >= 0.6 is 0 Å². The summed E-state index contributed by atoms with van der Waals surface area (Å²) in [6, 6.07) is 7.25. The molecule has 6 heteroatoms. The first-order valence-corrected chi connectivity index (χ1v) is 8.51. The quantitative estimate of drug-likeness (QED) is 0.895. The van der Waals surface area contributed by atoms with E-state index in [1.54, 1.807) is 17.0 Å². The van der Waals surface area contributed by atoms with Crippen molar-refractivity contribution in [2.75, 3.05) is 19.7 Å². The maximum atomic E-state index is 12.7. The first kappa shape index (κ1) is 16.8. The van der Waals surface area contributed by atoms with Crippen molar-refractivity contribution in [3.05, 3.63) is 29.8 Å². The van der Waals surface area contributed by atoms with Crippen molar-refractivity contribution in [1.29, 1.82) is 0 Å². The molecule has 1 atom stereocenters. The van der Waals surface area contributed by atoms with E-state index in [0.29, 0.717) is 25.3 Å². The van der Waals surface area contributed by atoms with Crippen molar-refractivity contribution >= 4 is 11.9 Å². The lowest BCUT2D eigenvalue weighted by atomic mass is 10.1. The molecule has 1 amide bonds. The van der Waals surface area contributed by atoms with Crippen LogP contribution in [0.4, 0.5) is 0 Å². The standard InChI is InChI=1S/C18H23NO5/c20-17(21)11-16-12-19(8-9-23-16)18(22)13-4-3-7-15(10-13)24-14-5-1-2-6-14/h3-4,7,10,14,16H,1-2,5-6,8-9,11-12H2,(H,20,21)/t16-/m0/s1. The minimum absolute atomic E-state index is 0.0887. The number of hydrogen-bond donors (Lipinski definition) is 1. The lowest BCUT2D eigenvalue weighted by Gasteiger charge is -2.32. The second-order valence-corrected chi connectivity index (χ2v) is 6.39. The maximum absolute atomic E-state index is 12.7. The van der Waals surface area contributed by atoms with Gasteiger partial charge in [0.15, 0.2) is 0 Å². The zero-order valence-electron chi connectivity index (χ0n) is 13.6. The average Bonchev–Trinajstić information content (AvgIpc) is 3.07. The average molecular weight is 333 g/mol. The number of rotatable bonds is 5. The van der Waals surface area contributed by atoms with Gasteiger partial charge in [-0.25, -0.2) is 0 Å². The number of morpholine rings is 1. The third-order valence-corrected chi connectivity index (χ3v) is 4.51. The second-order valence-electron chi connectivity index (χ2n) is 6.39. The summed E-state index contributed by atoms with van der Waals surface area (Å²) in [4.78, 5) is 25.2. The highest BCUT2D eigenvalue weighted by Crippen LogP contribution is 2.25. The minimum atomic E-state index is -0.916. The fourth-order valence-electron chi connectivity index (χ4n) is 3.31. The maximum Gasteiger partial charge on any atom is 0.306 e. The number of nitrogens with zero attached hydrogens (tertiary/aromatic N) is 1. The van der Waals surface area contributed by atoms with Gasteiger partial charge < -0.3 is 19.5 Å². The molecule has 0 spiro atoms. The van der Waals surface area contributed by atoms with Gasteiger partial charge in [-0.15, -0.1) is 0 Å². The normalized spacial score (nSPS) is 21.7. The molecule has 1 N–H and O–H groups in total. The van der Waals surface area contributed by atoms with E-state index >= 15 is 0 Å². The Labute approximate surface area is 141 Å². The molecule has 1 aromatic rings. The largest absolute Gasteiger partial charge is 0.490 e. The van der Waals surface area contributed by atoms with Crippen molar-refractivity contribution in [2.45, 2.75) is 44.3 Å². The minimum Gasteiger partial charge on any atom is -0.490 e. The number of carboxylic acids is 1. The van der Waals surface area contributed by atoms with Crippen LogP contribution in [0.2, 0.25) is 0 Å². The number of amides is 1. The summed E-state index contributed by atoms with van der Waals surface area (Å²) in [5.74, 6) is -0.296. The van der Waals surface area contributed by atoms with Crippen LogP contribution < -0.4 is 4.74 Å². The SMILES string of the molecule is O=C(O)C[C@H]1CN(C(=O)c2cccc(OC3CCCC3)c2)CCO1. The molecular formula is C18H23NO5. The molecule has 0 unspecified atom stereocenters. The number of carbonyl (C=O) groups excluding carboxylic acids is 1. The van der Waals surface area contributed by atoms with Gasteiger partial charge in [0.05, 0.1) is 25.2 Å². The van der Waals surface area contributed by atoms with E-state index < -0.39 is 12.1 Å². The lowest BCUT2D eigenvalue weighted by molar-refractivity contribution is -0.141. The Morgan fingerprint density at radius 3 is 2.83 bits per heavy atom. The van der Waals surface area contributed by atoms with Crippen LogP contribution in [0.5, 0.6) is 5.75 Å². The Bertz CT molecular complexity index is 597. The third-order valence-electron chi connectivity index (χ3n) is 4.51. The van der Waals surface area contributed by atoms with Crippen LogP contribution in [-0.2, 0) is 9.53 Å². The van der Waals surface area contributed by atoms with Gasteiger partial charge in [0, 0.05) is 18.7 Å². The zero-order valence-corrected chi connectivity index (χ0v) is 13.6. The van der Waals surface area contributed by atoms with Crippen LogP contribution in [0.25, 0.3) is 0 Å².